The van der Waals surface area contributed by atoms with Crippen molar-refractivity contribution in [1.29, 1.82) is 0 Å². The van der Waals surface area contributed by atoms with Gasteiger partial charge in [0, 0.05) is 10.9 Å². The van der Waals surface area contributed by atoms with E-state index in [4.69, 9.17) is 11.6 Å². The highest BCUT2D eigenvalue weighted by atomic mass is 35.5. The molecule has 4 aromatic rings. The molecule has 116 valence electrons. The molecule has 0 fully saturated rings. The lowest BCUT2D eigenvalue weighted by atomic mass is 9.92. The Balaban J connectivity index is 2.29. The van der Waals surface area contributed by atoms with Crippen LogP contribution in [-0.4, -0.2) is 10.8 Å². The third kappa shape index (κ3) is 2.27. The summed E-state index contributed by atoms with van der Waals surface area (Å²) in [7, 11) is 0. The number of benzene rings is 3. The summed E-state index contributed by atoms with van der Waals surface area (Å²) in [5.41, 5.74) is 3.09. The van der Waals surface area contributed by atoms with Crippen LogP contribution in [0.15, 0.2) is 66.7 Å². The highest BCUT2D eigenvalue weighted by molar-refractivity contribution is 6.35. The number of nitrogens with zero attached hydrogens (tertiary/aromatic N) is 1. The van der Waals surface area contributed by atoms with Crippen molar-refractivity contribution in [2.75, 3.05) is 0 Å². The van der Waals surface area contributed by atoms with Crippen LogP contribution in [0.3, 0.4) is 0 Å². The van der Waals surface area contributed by atoms with Gasteiger partial charge in [-0.05, 0) is 29.3 Å². The first-order valence-electron chi connectivity index (χ1n) is 7.74. The first-order valence-corrected chi connectivity index (χ1v) is 8.12. The molecule has 2 nitrogen and oxygen atoms in total. The smallest absolute Gasteiger partial charge is 0.163 e. The van der Waals surface area contributed by atoms with E-state index in [9.17, 15) is 4.79 Å². The number of carbonyl (C=O) groups is 1. The molecule has 0 amide bonds. The number of rotatable bonds is 2. The van der Waals surface area contributed by atoms with Crippen molar-refractivity contribution in [1.82, 2.24) is 4.98 Å². The molecule has 1 aromatic heterocycles. The maximum absolute atomic E-state index is 12.3. The third-order valence-corrected chi connectivity index (χ3v) is 4.52. The van der Waals surface area contributed by atoms with Crippen molar-refractivity contribution < 1.29 is 4.79 Å². The lowest BCUT2D eigenvalue weighted by Gasteiger charge is -2.15. The van der Waals surface area contributed by atoms with Crippen LogP contribution in [0.4, 0.5) is 0 Å². The molecular formula is C21H14ClNO. The van der Waals surface area contributed by atoms with Gasteiger partial charge in [-0.3, -0.25) is 4.79 Å². The second kappa shape index (κ2) is 5.73. The molecule has 0 N–H and O–H groups in total. The average Bonchev–Trinajstić information content (AvgIpc) is 2.60. The monoisotopic (exact) mass is 331 g/mol. The highest BCUT2D eigenvalue weighted by Crippen LogP contribution is 2.38. The maximum atomic E-state index is 12.3. The van der Waals surface area contributed by atoms with E-state index in [2.05, 4.69) is 17.1 Å². The Morgan fingerprint density at radius 3 is 2.38 bits per heavy atom. The largest absolute Gasteiger partial charge is 0.294 e. The van der Waals surface area contributed by atoms with Crippen molar-refractivity contribution in [3.05, 3.63) is 77.4 Å². The van der Waals surface area contributed by atoms with E-state index in [0.717, 1.165) is 32.8 Å². The van der Waals surface area contributed by atoms with Crippen LogP contribution in [0.5, 0.6) is 0 Å². The third-order valence-electron chi connectivity index (χ3n) is 4.25. The van der Waals surface area contributed by atoms with Gasteiger partial charge in [-0.25, -0.2) is 4.98 Å². The molecule has 0 aliphatic carbocycles. The van der Waals surface area contributed by atoms with Crippen molar-refractivity contribution >= 4 is 39.1 Å². The lowest BCUT2D eigenvalue weighted by Crippen LogP contribution is -2.01. The molecule has 0 aliphatic rings. The normalized spacial score (nSPS) is 11.1. The Kier molecular flexibility index (Phi) is 3.55. The number of pyridine rings is 1. The SMILES string of the molecule is CC(=O)c1c(Cl)nc2ccc3ccccc3c2c1-c1ccccc1. The maximum Gasteiger partial charge on any atom is 0.163 e. The van der Waals surface area contributed by atoms with Crippen LogP contribution < -0.4 is 0 Å². The molecule has 0 radical (unpaired) electrons. The second-order valence-corrected chi connectivity index (χ2v) is 6.11. The Morgan fingerprint density at radius 2 is 1.62 bits per heavy atom. The van der Waals surface area contributed by atoms with Gasteiger partial charge in [0.15, 0.2) is 5.78 Å². The Hall–Kier alpha value is -2.71. The van der Waals surface area contributed by atoms with E-state index in [1.54, 1.807) is 0 Å². The van der Waals surface area contributed by atoms with E-state index < -0.39 is 0 Å². The van der Waals surface area contributed by atoms with Gasteiger partial charge in [-0.1, -0.05) is 72.3 Å². The summed E-state index contributed by atoms with van der Waals surface area (Å²) in [6.45, 7) is 1.53. The molecule has 0 saturated heterocycles. The summed E-state index contributed by atoms with van der Waals surface area (Å²) in [4.78, 5) is 16.8. The van der Waals surface area contributed by atoms with E-state index >= 15 is 0 Å². The number of fused-ring (bicyclic) bond motifs is 3. The molecule has 0 aliphatic heterocycles. The van der Waals surface area contributed by atoms with Crippen LogP contribution in [-0.2, 0) is 0 Å². The van der Waals surface area contributed by atoms with E-state index in [1.165, 1.54) is 6.92 Å². The zero-order valence-corrected chi connectivity index (χ0v) is 13.8. The fourth-order valence-electron chi connectivity index (χ4n) is 3.22. The molecule has 0 bridgehead atoms. The molecule has 3 heteroatoms. The summed E-state index contributed by atoms with van der Waals surface area (Å²) >= 11 is 6.37. The standard InChI is InChI=1S/C21H14ClNO/c1-13(24)18-19(15-8-3-2-4-9-15)20-16-10-6-5-7-14(16)11-12-17(20)23-21(18)22/h2-12H,1H3. The minimum absolute atomic E-state index is 0.0822. The number of hydrogen-bond acceptors (Lipinski definition) is 2. The first kappa shape index (κ1) is 14.9. The van der Waals surface area contributed by atoms with Gasteiger partial charge >= 0.3 is 0 Å². The summed E-state index contributed by atoms with van der Waals surface area (Å²) in [6, 6.07) is 22.0. The van der Waals surface area contributed by atoms with Gasteiger partial charge < -0.3 is 0 Å². The van der Waals surface area contributed by atoms with Crippen molar-refractivity contribution in [3.8, 4) is 11.1 Å². The minimum atomic E-state index is -0.0822. The van der Waals surface area contributed by atoms with E-state index in [0.29, 0.717) is 5.56 Å². The fraction of sp³-hybridized carbons (Fsp3) is 0.0476. The summed E-state index contributed by atoms with van der Waals surface area (Å²) in [5, 5.41) is 3.40. The molecule has 0 atom stereocenters. The van der Waals surface area contributed by atoms with Crippen LogP contribution in [0.2, 0.25) is 5.15 Å². The van der Waals surface area contributed by atoms with Crippen LogP contribution >= 0.6 is 11.6 Å². The van der Waals surface area contributed by atoms with Crippen LogP contribution in [0.25, 0.3) is 32.8 Å². The van der Waals surface area contributed by atoms with Crippen molar-refractivity contribution in [3.63, 3.8) is 0 Å². The molecule has 0 spiro atoms. The summed E-state index contributed by atoms with van der Waals surface area (Å²) in [6.07, 6.45) is 0. The number of Topliss-reactive ketones (excluding diaryl/α,β-unsaturated/α-hetero) is 1. The predicted octanol–water partition coefficient (Wildman–Crippen LogP) is 5.91. The summed E-state index contributed by atoms with van der Waals surface area (Å²) < 4.78 is 0. The van der Waals surface area contributed by atoms with Gasteiger partial charge in [0.1, 0.15) is 5.15 Å². The number of halogens is 1. The zero-order chi connectivity index (χ0) is 16.7. The quantitative estimate of drug-likeness (QED) is 0.259. The number of ketones is 1. The molecule has 4 rings (SSSR count). The molecule has 0 unspecified atom stereocenters. The molecule has 1 heterocycles. The minimum Gasteiger partial charge on any atom is -0.294 e. The Morgan fingerprint density at radius 1 is 0.917 bits per heavy atom. The van der Waals surface area contributed by atoms with Gasteiger partial charge in [0.25, 0.3) is 0 Å². The molecular weight excluding hydrogens is 318 g/mol. The van der Waals surface area contributed by atoms with Crippen LogP contribution in [0, 0.1) is 0 Å². The van der Waals surface area contributed by atoms with E-state index in [-0.39, 0.29) is 10.9 Å². The van der Waals surface area contributed by atoms with Gasteiger partial charge in [0.05, 0.1) is 11.1 Å². The first-order chi connectivity index (χ1) is 11.7. The number of carbonyl (C=O) groups excluding carboxylic acids is 1. The molecule has 0 saturated carbocycles. The van der Waals surface area contributed by atoms with Gasteiger partial charge in [0.2, 0.25) is 0 Å². The van der Waals surface area contributed by atoms with Crippen LogP contribution in [0.1, 0.15) is 17.3 Å². The van der Waals surface area contributed by atoms with E-state index in [1.807, 2.05) is 54.6 Å². The Bertz CT molecular complexity index is 1090. The van der Waals surface area contributed by atoms with Crippen molar-refractivity contribution in [2.24, 2.45) is 0 Å². The van der Waals surface area contributed by atoms with Crippen molar-refractivity contribution in [2.45, 2.75) is 6.92 Å². The number of aromatic nitrogens is 1. The highest BCUT2D eigenvalue weighted by Gasteiger charge is 2.20. The summed E-state index contributed by atoms with van der Waals surface area (Å²) in [5.74, 6) is -0.0822. The van der Waals surface area contributed by atoms with Gasteiger partial charge in [-0.15, -0.1) is 0 Å². The molecule has 24 heavy (non-hydrogen) atoms. The fourth-order valence-corrected chi connectivity index (χ4v) is 3.54. The Labute approximate surface area is 144 Å². The number of hydrogen-bond donors (Lipinski definition) is 0. The average molecular weight is 332 g/mol. The zero-order valence-electron chi connectivity index (χ0n) is 13.1. The van der Waals surface area contributed by atoms with Gasteiger partial charge in [-0.2, -0.15) is 0 Å². The molecule has 3 aromatic carbocycles. The second-order valence-electron chi connectivity index (χ2n) is 5.76. The lowest BCUT2D eigenvalue weighted by molar-refractivity contribution is 0.101. The predicted molar refractivity (Wildman–Crippen MR) is 99.7 cm³/mol. The topological polar surface area (TPSA) is 30.0 Å².